The van der Waals surface area contributed by atoms with Gasteiger partial charge in [-0.15, -0.1) is 0 Å². The van der Waals surface area contributed by atoms with Crippen LogP contribution in [0.1, 0.15) is 40.0 Å². The van der Waals surface area contributed by atoms with Crippen molar-refractivity contribution < 1.29 is 19.0 Å². The van der Waals surface area contributed by atoms with E-state index in [0.29, 0.717) is 19.6 Å². The summed E-state index contributed by atoms with van der Waals surface area (Å²) in [6.45, 7) is 7.56. The van der Waals surface area contributed by atoms with Gasteiger partial charge in [0.05, 0.1) is 25.4 Å². The summed E-state index contributed by atoms with van der Waals surface area (Å²) < 4.78 is 16.2. The summed E-state index contributed by atoms with van der Waals surface area (Å²) in [4.78, 5) is 12.1. The van der Waals surface area contributed by atoms with Crippen molar-refractivity contribution in [1.82, 2.24) is 5.32 Å². The van der Waals surface area contributed by atoms with Gasteiger partial charge < -0.3 is 19.5 Å². The van der Waals surface area contributed by atoms with E-state index < -0.39 is 5.54 Å². The quantitative estimate of drug-likeness (QED) is 0.679. The van der Waals surface area contributed by atoms with Gasteiger partial charge in [0.1, 0.15) is 5.54 Å². The average Bonchev–Trinajstić information content (AvgIpc) is 2.75. The maximum Gasteiger partial charge on any atom is 0.326 e. The van der Waals surface area contributed by atoms with Crippen molar-refractivity contribution in [2.75, 3.05) is 26.9 Å². The first-order valence-electron chi connectivity index (χ1n) is 7.14. The number of rotatable bonds is 8. The van der Waals surface area contributed by atoms with Crippen molar-refractivity contribution in [1.29, 1.82) is 0 Å². The molecule has 3 atom stereocenters. The second kappa shape index (κ2) is 7.82. The second-order valence-electron chi connectivity index (χ2n) is 5.10. The molecule has 0 aliphatic heterocycles. The largest absolute Gasteiger partial charge is 0.465 e. The molecule has 112 valence electrons. The lowest BCUT2D eigenvalue weighted by Crippen LogP contribution is -2.51. The minimum Gasteiger partial charge on any atom is -0.465 e. The van der Waals surface area contributed by atoms with E-state index in [1.165, 1.54) is 0 Å². The number of hydrogen-bond donors (Lipinski definition) is 1. The number of nitrogens with one attached hydrogen (secondary N) is 1. The van der Waals surface area contributed by atoms with Crippen molar-refractivity contribution in [2.45, 2.75) is 57.8 Å². The van der Waals surface area contributed by atoms with Gasteiger partial charge in [0, 0.05) is 13.5 Å². The Balaban J connectivity index is 2.59. The fourth-order valence-electron chi connectivity index (χ4n) is 2.74. The highest BCUT2D eigenvalue weighted by Crippen LogP contribution is 2.33. The predicted molar refractivity (Wildman–Crippen MR) is 73.1 cm³/mol. The van der Waals surface area contributed by atoms with Crippen LogP contribution in [0.2, 0.25) is 0 Å². The topological polar surface area (TPSA) is 56.8 Å². The maximum atomic E-state index is 12.1. The highest BCUT2D eigenvalue weighted by Gasteiger charge is 2.46. The predicted octanol–water partition coefficient (Wildman–Crippen LogP) is 1.50. The van der Waals surface area contributed by atoms with Crippen molar-refractivity contribution >= 4 is 5.97 Å². The van der Waals surface area contributed by atoms with Crippen molar-refractivity contribution in [3.8, 4) is 0 Å². The van der Waals surface area contributed by atoms with Gasteiger partial charge in [-0.1, -0.05) is 6.92 Å². The Labute approximate surface area is 116 Å². The lowest BCUT2D eigenvalue weighted by Gasteiger charge is -2.28. The molecule has 1 fully saturated rings. The molecule has 0 radical (unpaired) electrons. The molecule has 1 N–H and O–H groups in total. The Bertz CT molecular complexity index is 285. The molecular weight excluding hydrogens is 246 g/mol. The van der Waals surface area contributed by atoms with Crippen LogP contribution in [-0.4, -0.2) is 50.6 Å². The van der Waals surface area contributed by atoms with E-state index in [9.17, 15) is 4.79 Å². The molecule has 0 amide bonds. The monoisotopic (exact) mass is 273 g/mol. The standard InChI is InChI=1S/C14H27NO4/c1-5-15-14(13(16)18-6-2)8-7-12(9-14)19-11(3)10-17-4/h11-12,15H,5-10H2,1-4H3. The zero-order chi connectivity index (χ0) is 14.3. The van der Waals surface area contributed by atoms with Crippen LogP contribution in [0.4, 0.5) is 0 Å². The Kier molecular flexibility index (Phi) is 6.75. The number of methoxy groups -OCH3 is 1. The normalized spacial score (nSPS) is 28.3. The SMILES string of the molecule is CCNC1(C(=O)OCC)CCC(OC(C)COC)C1. The highest BCUT2D eigenvalue weighted by atomic mass is 16.5. The van der Waals surface area contributed by atoms with Gasteiger partial charge in [-0.3, -0.25) is 4.79 Å². The first-order chi connectivity index (χ1) is 9.07. The van der Waals surface area contributed by atoms with E-state index in [2.05, 4.69) is 5.32 Å². The third-order valence-electron chi connectivity index (χ3n) is 3.48. The Morgan fingerprint density at radius 2 is 2.21 bits per heavy atom. The zero-order valence-corrected chi connectivity index (χ0v) is 12.5. The number of likely N-dealkylation sites (N-methyl/N-ethyl adjacent to an activating group) is 1. The molecule has 0 spiro atoms. The third kappa shape index (κ3) is 4.44. The molecule has 3 unspecified atom stereocenters. The van der Waals surface area contributed by atoms with Crippen molar-refractivity contribution in [2.24, 2.45) is 0 Å². The van der Waals surface area contributed by atoms with Gasteiger partial charge >= 0.3 is 5.97 Å². The smallest absolute Gasteiger partial charge is 0.326 e. The Morgan fingerprint density at radius 3 is 2.79 bits per heavy atom. The first-order valence-corrected chi connectivity index (χ1v) is 7.14. The van der Waals surface area contributed by atoms with Crippen LogP contribution in [-0.2, 0) is 19.0 Å². The van der Waals surface area contributed by atoms with Crippen LogP contribution in [0.5, 0.6) is 0 Å². The molecule has 0 aromatic carbocycles. The summed E-state index contributed by atoms with van der Waals surface area (Å²) in [7, 11) is 1.66. The molecule has 0 aromatic rings. The maximum absolute atomic E-state index is 12.1. The van der Waals surface area contributed by atoms with Gasteiger partial charge in [-0.25, -0.2) is 0 Å². The lowest BCUT2D eigenvalue weighted by atomic mass is 9.97. The number of carbonyl (C=O) groups is 1. The number of esters is 1. The van der Waals surface area contributed by atoms with Gasteiger partial charge in [0.2, 0.25) is 0 Å². The van der Waals surface area contributed by atoms with E-state index in [1.807, 2.05) is 20.8 Å². The molecule has 1 saturated carbocycles. The molecule has 5 heteroatoms. The fourth-order valence-corrected chi connectivity index (χ4v) is 2.74. The molecule has 1 aliphatic rings. The highest BCUT2D eigenvalue weighted by molar-refractivity contribution is 5.81. The van der Waals surface area contributed by atoms with Gasteiger partial charge in [-0.2, -0.15) is 0 Å². The number of carbonyl (C=O) groups excluding carboxylic acids is 1. The Hall–Kier alpha value is -0.650. The minimum atomic E-state index is -0.567. The summed E-state index contributed by atoms with van der Waals surface area (Å²) in [5.41, 5.74) is -0.567. The Morgan fingerprint density at radius 1 is 1.47 bits per heavy atom. The van der Waals surface area contributed by atoms with Crippen LogP contribution in [0.25, 0.3) is 0 Å². The van der Waals surface area contributed by atoms with Crippen LogP contribution < -0.4 is 5.32 Å². The van der Waals surface area contributed by atoms with Gasteiger partial charge in [0.25, 0.3) is 0 Å². The summed E-state index contributed by atoms with van der Waals surface area (Å²) in [6.07, 6.45) is 2.46. The molecule has 1 aliphatic carbocycles. The van der Waals surface area contributed by atoms with E-state index in [-0.39, 0.29) is 18.2 Å². The third-order valence-corrected chi connectivity index (χ3v) is 3.48. The summed E-state index contributed by atoms with van der Waals surface area (Å²) in [6, 6.07) is 0. The molecular formula is C14H27NO4. The van der Waals surface area contributed by atoms with E-state index in [1.54, 1.807) is 7.11 Å². The molecule has 5 nitrogen and oxygen atoms in total. The number of hydrogen-bond acceptors (Lipinski definition) is 5. The van der Waals surface area contributed by atoms with Crippen molar-refractivity contribution in [3.05, 3.63) is 0 Å². The molecule has 0 aromatic heterocycles. The van der Waals surface area contributed by atoms with Gasteiger partial charge in [0.15, 0.2) is 0 Å². The van der Waals surface area contributed by atoms with Crippen LogP contribution in [0.15, 0.2) is 0 Å². The van der Waals surface area contributed by atoms with E-state index in [0.717, 1.165) is 19.4 Å². The van der Waals surface area contributed by atoms with E-state index >= 15 is 0 Å². The molecule has 0 heterocycles. The van der Waals surface area contributed by atoms with Crippen LogP contribution in [0, 0.1) is 0 Å². The van der Waals surface area contributed by atoms with Crippen molar-refractivity contribution in [3.63, 3.8) is 0 Å². The second-order valence-corrected chi connectivity index (χ2v) is 5.10. The van der Waals surface area contributed by atoms with E-state index in [4.69, 9.17) is 14.2 Å². The average molecular weight is 273 g/mol. The summed E-state index contributed by atoms with van der Waals surface area (Å²) in [5, 5.41) is 3.29. The van der Waals surface area contributed by atoms with Crippen LogP contribution >= 0.6 is 0 Å². The van der Waals surface area contributed by atoms with Crippen LogP contribution in [0.3, 0.4) is 0 Å². The minimum absolute atomic E-state index is 0.0506. The molecule has 19 heavy (non-hydrogen) atoms. The molecule has 0 saturated heterocycles. The summed E-state index contributed by atoms with van der Waals surface area (Å²) >= 11 is 0. The number of ether oxygens (including phenoxy) is 3. The molecule has 0 bridgehead atoms. The molecule has 1 rings (SSSR count). The fraction of sp³-hybridized carbons (Fsp3) is 0.929. The first kappa shape index (κ1) is 16.4. The lowest BCUT2D eigenvalue weighted by molar-refractivity contribution is -0.151. The summed E-state index contributed by atoms with van der Waals surface area (Å²) in [5.74, 6) is -0.151. The van der Waals surface area contributed by atoms with Gasteiger partial charge in [-0.05, 0) is 33.2 Å². The zero-order valence-electron chi connectivity index (χ0n) is 12.5.